The molecule has 2 aromatic carbocycles. The molecule has 2 aromatic heterocycles. The van der Waals surface area contributed by atoms with Crippen LogP contribution >= 0.6 is 0 Å². The zero-order chi connectivity index (χ0) is 23.7. The molecule has 0 saturated carbocycles. The Kier molecular flexibility index (Phi) is 5.79. The van der Waals surface area contributed by atoms with E-state index in [-0.39, 0.29) is 22.7 Å². The molecule has 4 rings (SSSR count). The Hall–Kier alpha value is -4.26. The van der Waals surface area contributed by atoms with E-state index in [1.54, 1.807) is 53.1 Å². The molecule has 0 aliphatic carbocycles. The maximum atomic E-state index is 13.5. The third-order valence-corrected chi connectivity index (χ3v) is 5.75. The number of benzene rings is 2. The minimum atomic E-state index is -0.457. The number of nitrogens with two attached hydrogens (primary N) is 1. The van der Waals surface area contributed by atoms with Crippen LogP contribution in [0.2, 0.25) is 0 Å². The summed E-state index contributed by atoms with van der Waals surface area (Å²) in [6.07, 6.45) is 1.73. The summed E-state index contributed by atoms with van der Waals surface area (Å²) >= 11 is 0. The molecular weight excluding hydrogens is 418 g/mol. The van der Waals surface area contributed by atoms with Crippen LogP contribution in [0, 0.1) is 13.8 Å². The smallest absolute Gasteiger partial charge is 0.260 e. The molecule has 0 radical (unpaired) electrons. The van der Waals surface area contributed by atoms with E-state index in [1.165, 1.54) is 14.2 Å². The minimum Gasteiger partial charge on any atom is -0.497 e. The van der Waals surface area contributed by atoms with Gasteiger partial charge in [-0.3, -0.25) is 9.59 Å². The Morgan fingerprint density at radius 2 is 1.73 bits per heavy atom. The van der Waals surface area contributed by atoms with Crippen LogP contribution in [0.4, 0.5) is 11.4 Å². The van der Waals surface area contributed by atoms with E-state index >= 15 is 0 Å². The molecule has 0 fully saturated rings. The molecule has 2 heterocycles. The second kappa shape index (κ2) is 8.70. The van der Waals surface area contributed by atoms with Gasteiger partial charge in [0.15, 0.2) is 0 Å². The van der Waals surface area contributed by atoms with Crippen molar-refractivity contribution >= 4 is 28.6 Å². The Labute approximate surface area is 191 Å². The summed E-state index contributed by atoms with van der Waals surface area (Å²) in [6, 6.07) is 15.9. The molecule has 168 valence electrons. The van der Waals surface area contributed by atoms with Gasteiger partial charge in [-0.1, -0.05) is 18.2 Å². The van der Waals surface area contributed by atoms with Crippen LogP contribution in [0.1, 0.15) is 37.5 Å². The highest BCUT2D eigenvalue weighted by atomic mass is 16.5. The Balaban J connectivity index is 1.81. The van der Waals surface area contributed by atoms with Gasteiger partial charge in [0.2, 0.25) is 5.78 Å². The number of hydrogen-bond donors (Lipinski definition) is 2. The van der Waals surface area contributed by atoms with Crippen LogP contribution in [0.25, 0.3) is 5.52 Å². The average molecular weight is 444 g/mol. The largest absolute Gasteiger partial charge is 0.497 e. The van der Waals surface area contributed by atoms with E-state index in [0.29, 0.717) is 28.3 Å². The van der Waals surface area contributed by atoms with Crippen molar-refractivity contribution in [3.63, 3.8) is 0 Å². The van der Waals surface area contributed by atoms with Crippen molar-refractivity contribution in [2.75, 3.05) is 25.3 Å². The first kappa shape index (κ1) is 22.0. The van der Waals surface area contributed by atoms with Crippen LogP contribution in [-0.2, 0) is 0 Å². The number of aryl methyl sites for hydroxylation is 2. The predicted molar refractivity (Wildman–Crippen MR) is 129 cm³/mol. The second-order valence-corrected chi connectivity index (χ2v) is 7.74. The van der Waals surface area contributed by atoms with Crippen LogP contribution in [0.3, 0.4) is 0 Å². The summed E-state index contributed by atoms with van der Waals surface area (Å²) in [4.78, 5) is 26.8. The van der Waals surface area contributed by atoms with Gasteiger partial charge in [-0.25, -0.2) is 0 Å². The van der Waals surface area contributed by atoms with Gasteiger partial charge in [-0.15, -0.1) is 0 Å². The lowest BCUT2D eigenvalue weighted by Crippen LogP contribution is -2.15. The fraction of sp³-hybridized carbons (Fsp3) is 0.154. The molecule has 7 heteroatoms. The maximum absolute atomic E-state index is 13.5. The summed E-state index contributed by atoms with van der Waals surface area (Å²) < 4.78 is 12.3. The van der Waals surface area contributed by atoms with Gasteiger partial charge in [0.1, 0.15) is 17.2 Å². The number of rotatable bonds is 6. The van der Waals surface area contributed by atoms with Crippen molar-refractivity contribution in [3.8, 4) is 11.5 Å². The van der Waals surface area contributed by atoms with Gasteiger partial charge in [-0.05, 0) is 55.3 Å². The van der Waals surface area contributed by atoms with Gasteiger partial charge >= 0.3 is 0 Å². The molecule has 1 amide bonds. The zero-order valence-electron chi connectivity index (χ0n) is 18.9. The number of fused-ring (bicyclic) bond motifs is 1. The third-order valence-electron chi connectivity index (χ3n) is 5.75. The average Bonchev–Trinajstić information content (AvgIpc) is 3.12. The van der Waals surface area contributed by atoms with Crippen molar-refractivity contribution in [2.45, 2.75) is 13.8 Å². The third kappa shape index (κ3) is 3.89. The number of nitrogen functional groups attached to an aromatic ring is 1. The summed E-state index contributed by atoms with van der Waals surface area (Å²) in [5.41, 5.74) is 10.6. The molecule has 0 saturated heterocycles. The van der Waals surface area contributed by atoms with Crippen LogP contribution in [0.15, 0.2) is 60.8 Å². The summed E-state index contributed by atoms with van der Waals surface area (Å²) in [6.45, 7) is 3.94. The molecule has 0 aliphatic rings. The van der Waals surface area contributed by atoms with Gasteiger partial charge < -0.3 is 24.9 Å². The lowest BCUT2D eigenvalue weighted by molar-refractivity contribution is 0.102. The van der Waals surface area contributed by atoms with Gasteiger partial charge in [0.25, 0.3) is 5.91 Å². The van der Waals surface area contributed by atoms with E-state index in [1.807, 2.05) is 26.0 Å². The number of ether oxygens (including phenoxy) is 2. The second-order valence-electron chi connectivity index (χ2n) is 7.74. The Morgan fingerprint density at radius 1 is 0.939 bits per heavy atom. The molecule has 3 N–H and O–H groups in total. The molecule has 0 aliphatic heterocycles. The number of anilines is 2. The number of nitrogens with one attached hydrogen (secondary N) is 1. The number of carbonyl (C=O) groups excluding carboxylic acids is 2. The molecule has 0 atom stereocenters. The first-order valence-corrected chi connectivity index (χ1v) is 10.4. The Morgan fingerprint density at radius 3 is 2.42 bits per heavy atom. The summed E-state index contributed by atoms with van der Waals surface area (Å²) in [5, 5.41) is 2.85. The van der Waals surface area contributed by atoms with Crippen molar-refractivity contribution < 1.29 is 19.1 Å². The quantitative estimate of drug-likeness (QED) is 0.424. The predicted octanol–water partition coefficient (Wildman–Crippen LogP) is 4.64. The highest BCUT2D eigenvalue weighted by molar-refractivity contribution is 6.20. The molecule has 0 bridgehead atoms. The molecule has 7 nitrogen and oxygen atoms in total. The molecule has 0 spiro atoms. The molecule has 0 unspecified atom stereocenters. The lowest BCUT2D eigenvalue weighted by atomic mass is 10.0. The monoisotopic (exact) mass is 443 g/mol. The minimum absolute atomic E-state index is 0.115. The zero-order valence-corrected chi connectivity index (χ0v) is 18.9. The molecule has 33 heavy (non-hydrogen) atoms. The van der Waals surface area contributed by atoms with Crippen molar-refractivity contribution in [3.05, 3.63) is 88.7 Å². The maximum Gasteiger partial charge on any atom is 0.260 e. The topological polar surface area (TPSA) is 95.1 Å². The van der Waals surface area contributed by atoms with Crippen LogP contribution in [-0.4, -0.2) is 30.3 Å². The van der Waals surface area contributed by atoms with Crippen LogP contribution < -0.4 is 20.5 Å². The standard InChI is InChI=1S/C26H25N3O4/c1-15-8-9-17(13-16(15)2)25(30)24-23(27)22(20-7-5-6-12-29(20)24)26(31)28-19-14-18(32-3)10-11-21(19)33-4/h5-14H,27H2,1-4H3,(H,28,31). The van der Waals surface area contributed by atoms with E-state index in [4.69, 9.17) is 15.2 Å². The summed E-state index contributed by atoms with van der Waals surface area (Å²) in [5.74, 6) is 0.320. The first-order chi connectivity index (χ1) is 15.8. The fourth-order valence-corrected chi connectivity index (χ4v) is 3.81. The van der Waals surface area contributed by atoms with Gasteiger partial charge in [-0.2, -0.15) is 0 Å². The fourth-order valence-electron chi connectivity index (χ4n) is 3.81. The Bertz CT molecular complexity index is 1390. The number of hydrogen-bond acceptors (Lipinski definition) is 5. The van der Waals surface area contributed by atoms with E-state index in [2.05, 4.69) is 5.32 Å². The number of methoxy groups -OCH3 is 2. The van der Waals surface area contributed by atoms with Gasteiger partial charge in [0, 0.05) is 17.8 Å². The highest BCUT2D eigenvalue weighted by Gasteiger charge is 2.27. The van der Waals surface area contributed by atoms with Crippen molar-refractivity contribution in [1.82, 2.24) is 4.40 Å². The van der Waals surface area contributed by atoms with E-state index < -0.39 is 5.91 Å². The van der Waals surface area contributed by atoms with E-state index in [0.717, 1.165) is 11.1 Å². The normalized spacial score (nSPS) is 10.8. The number of pyridine rings is 1. The van der Waals surface area contributed by atoms with Gasteiger partial charge in [0.05, 0.1) is 36.7 Å². The number of ketones is 1. The number of nitrogens with zero attached hydrogens (tertiary/aromatic N) is 1. The molecule has 4 aromatic rings. The first-order valence-electron chi connectivity index (χ1n) is 10.4. The highest BCUT2D eigenvalue weighted by Crippen LogP contribution is 2.33. The SMILES string of the molecule is COc1ccc(OC)c(NC(=O)c2c(N)c(C(=O)c3ccc(C)c(C)c3)n3ccccc23)c1. The van der Waals surface area contributed by atoms with Crippen molar-refractivity contribution in [2.24, 2.45) is 0 Å². The lowest BCUT2D eigenvalue weighted by Gasteiger charge is -2.12. The molecular formula is C26H25N3O4. The summed E-state index contributed by atoms with van der Waals surface area (Å²) in [7, 11) is 3.05. The van der Waals surface area contributed by atoms with E-state index in [9.17, 15) is 9.59 Å². The van der Waals surface area contributed by atoms with Crippen LogP contribution in [0.5, 0.6) is 11.5 Å². The number of amides is 1. The number of aromatic nitrogens is 1. The number of carbonyl (C=O) groups is 2. The van der Waals surface area contributed by atoms with Crippen molar-refractivity contribution in [1.29, 1.82) is 0 Å².